The van der Waals surface area contributed by atoms with E-state index in [1.165, 1.54) is 25.7 Å². The van der Waals surface area contributed by atoms with Crippen LogP contribution in [0.1, 0.15) is 39.0 Å². The maximum absolute atomic E-state index is 11.5. The molecule has 0 fully saturated rings. The lowest BCUT2D eigenvalue weighted by atomic mass is 10.2. The predicted molar refractivity (Wildman–Crippen MR) is 83.3 cm³/mol. The van der Waals surface area contributed by atoms with E-state index in [9.17, 15) is 4.79 Å². The normalized spacial score (nSPS) is 10.3. The molecule has 0 aliphatic carbocycles. The van der Waals surface area contributed by atoms with Crippen molar-refractivity contribution < 1.29 is 9.53 Å². The molecule has 0 saturated heterocycles. The highest BCUT2D eigenvalue weighted by Gasteiger charge is 2.02. The fourth-order valence-electron chi connectivity index (χ4n) is 1.93. The summed E-state index contributed by atoms with van der Waals surface area (Å²) in [4.78, 5) is 11.5. The lowest BCUT2D eigenvalue weighted by Crippen LogP contribution is -2.24. The Bertz CT molecular complexity index is 394. The van der Waals surface area contributed by atoms with E-state index in [1.807, 2.05) is 24.3 Å². The molecule has 2 N–H and O–H groups in total. The Hall–Kier alpha value is -1.55. The van der Waals surface area contributed by atoms with E-state index in [4.69, 9.17) is 4.74 Å². The van der Waals surface area contributed by atoms with Gasteiger partial charge in [-0.05, 0) is 25.6 Å². The van der Waals surface area contributed by atoms with E-state index in [0.717, 1.165) is 24.5 Å². The minimum atomic E-state index is -0.0517. The molecule has 0 aliphatic heterocycles. The third kappa shape index (κ3) is 7.14. The molecule has 1 aromatic carbocycles. The van der Waals surface area contributed by atoms with E-state index in [2.05, 4.69) is 17.6 Å². The number of anilines is 1. The van der Waals surface area contributed by atoms with Crippen molar-refractivity contribution >= 4 is 11.6 Å². The van der Waals surface area contributed by atoms with Crippen LogP contribution in [0.3, 0.4) is 0 Å². The van der Waals surface area contributed by atoms with E-state index >= 15 is 0 Å². The van der Waals surface area contributed by atoms with Crippen molar-refractivity contribution in [2.45, 2.75) is 39.0 Å². The van der Waals surface area contributed by atoms with Gasteiger partial charge < -0.3 is 15.4 Å². The maximum Gasteiger partial charge on any atom is 0.238 e. The van der Waals surface area contributed by atoms with Crippen LogP contribution in [0.5, 0.6) is 5.75 Å². The molecule has 0 spiro atoms. The average molecular weight is 278 g/mol. The smallest absolute Gasteiger partial charge is 0.238 e. The monoisotopic (exact) mass is 278 g/mol. The zero-order valence-electron chi connectivity index (χ0n) is 12.6. The number of nitrogens with one attached hydrogen (secondary N) is 2. The van der Waals surface area contributed by atoms with Crippen LogP contribution < -0.4 is 15.4 Å². The van der Waals surface area contributed by atoms with Gasteiger partial charge >= 0.3 is 0 Å². The second-order valence-electron chi connectivity index (χ2n) is 4.87. The zero-order valence-corrected chi connectivity index (χ0v) is 12.6. The topological polar surface area (TPSA) is 50.4 Å². The highest BCUT2D eigenvalue weighted by molar-refractivity contribution is 5.92. The van der Waals surface area contributed by atoms with Crippen LogP contribution in [0.2, 0.25) is 0 Å². The van der Waals surface area contributed by atoms with Crippen molar-refractivity contribution in [3.8, 4) is 5.75 Å². The first-order chi connectivity index (χ1) is 9.76. The van der Waals surface area contributed by atoms with Crippen LogP contribution in [0.4, 0.5) is 5.69 Å². The van der Waals surface area contributed by atoms with Gasteiger partial charge in [0.25, 0.3) is 0 Å². The minimum Gasteiger partial charge on any atom is -0.494 e. The molecular formula is C16H26N2O2. The summed E-state index contributed by atoms with van der Waals surface area (Å²) in [6.45, 7) is 3.25. The molecular weight excluding hydrogens is 252 g/mol. The standard InChI is InChI=1S/C16H26N2O2/c1-3-4-5-6-7-11-20-15-10-8-9-14(12-15)18-16(19)13-17-2/h8-10,12,17H,3-7,11,13H2,1-2H3,(H,18,19). The van der Waals surface area contributed by atoms with Crippen LogP contribution in [-0.2, 0) is 4.79 Å². The molecule has 0 aromatic heterocycles. The number of ether oxygens (including phenoxy) is 1. The zero-order chi connectivity index (χ0) is 14.6. The molecule has 112 valence electrons. The number of benzene rings is 1. The van der Waals surface area contributed by atoms with Crippen molar-refractivity contribution in [1.82, 2.24) is 5.32 Å². The van der Waals surface area contributed by atoms with Crippen molar-refractivity contribution in [3.63, 3.8) is 0 Å². The van der Waals surface area contributed by atoms with Crippen molar-refractivity contribution in [1.29, 1.82) is 0 Å². The first-order valence-electron chi connectivity index (χ1n) is 7.43. The minimum absolute atomic E-state index is 0.0517. The van der Waals surface area contributed by atoms with Crippen LogP contribution in [-0.4, -0.2) is 26.1 Å². The van der Waals surface area contributed by atoms with Crippen molar-refractivity contribution in [2.24, 2.45) is 0 Å². The molecule has 0 aliphatic rings. The summed E-state index contributed by atoms with van der Waals surface area (Å²) >= 11 is 0. The molecule has 0 bridgehead atoms. The second-order valence-corrected chi connectivity index (χ2v) is 4.87. The Morgan fingerprint density at radius 2 is 2.00 bits per heavy atom. The Morgan fingerprint density at radius 1 is 1.20 bits per heavy atom. The van der Waals surface area contributed by atoms with Crippen LogP contribution in [0.15, 0.2) is 24.3 Å². The van der Waals surface area contributed by atoms with Gasteiger partial charge in [0.15, 0.2) is 0 Å². The third-order valence-electron chi connectivity index (χ3n) is 2.97. The number of carbonyl (C=O) groups is 1. The summed E-state index contributed by atoms with van der Waals surface area (Å²) in [6.07, 6.45) is 6.13. The Labute approximate surface area is 121 Å². The molecule has 0 saturated carbocycles. The molecule has 20 heavy (non-hydrogen) atoms. The van der Waals surface area contributed by atoms with Gasteiger partial charge in [0.05, 0.1) is 13.2 Å². The van der Waals surface area contributed by atoms with E-state index in [1.54, 1.807) is 7.05 Å². The molecule has 4 heteroatoms. The summed E-state index contributed by atoms with van der Waals surface area (Å²) in [5.41, 5.74) is 0.772. The molecule has 1 aromatic rings. The summed E-state index contributed by atoms with van der Waals surface area (Å²) in [6, 6.07) is 7.53. The van der Waals surface area contributed by atoms with Gasteiger partial charge in [-0.3, -0.25) is 4.79 Å². The van der Waals surface area contributed by atoms with Gasteiger partial charge in [-0.15, -0.1) is 0 Å². The van der Waals surface area contributed by atoms with E-state index in [-0.39, 0.29) is 5.91 Å². The van der Waals surface area contributed by atoms with E-state index < -0.39 is 0 Å². The highest BCUT2D eigenvalue weighted by Crippen LogP contribution is 2.17. The summed E-state index contributed by atoms with van der Waals surface area (Å²) in [5.74, 6) is 0.756. The summed E-state index contributed by atoms with van der Waals surface area (Å²) < 4.78 is 5.70. The van der Waals surface area contributed by atoms with Crippen molar-refractivity contribution in [2.75, 3.05) is 25.5 Å². The van der Waals surface area contributed by atoms with Gasteiger partial charge in [-0.2, -0.15) is 0 Å². The Morgan fingerprint density at radius 3 is 2.75 bits per heavy atom. The SMILES string of the molecule is CCCCCCCOc1cccc(NC(=O)CNC)c1. The number of unbranched alkanes of at least 4 members (excludes halogenated alkanes) is 4. The maximum atomic E-state index is 11.5. The molecule has 0 atom stereocenters. The van der Waals surface area contributed by atoms with Gasteiger partial charge in [-0.1, -0.05) is 38.7 Å². The van der Waals surface area contributed by atoms with Crippen LogP contribution in [0.25, 0.3) is 0 Å². The third-order valence-corrected chi connectivity index (χ3v) is 2.97. The van der Waals surface area contributed by atoms with Crippen LogP contribution >= 0.6 is 0 Å². The number of carbonyl (C=O) groups excluding carboxylic acids is 1. The summed E-state index contributed by atoms with van der Waals surface area (Å²) in [7, 11) is 1.75. The predicted octanol–water partition coefficient (Wildman–Crippen LogP) is 3.19. The van der Waals surface area contributed by atoms with Gasteiger partial charge in [0.1, 0.15) is 5.75 Å². The molecule has 1 amide bonds. The quantitative estimate of drug-likeness (QED) is 0.646. The summed E-state index contributed by atoms with van der Waals surface area (Å²) in [5, 5.41) is 5.64. The lowest BCUT2D eigenvalue weighted by molar-refractivity contribution is -0.115. The lowest BCUT2D eigenvalue weighted by Gasteiger charge is -2.09. The first-order valence-corrected chi connectivity index (χ1v) is 7.43. The van der Waals surface area contributed by atoms with E-state index in [0.29, 0.717) is 6.54 Å². The number of hydrogen-bond donors (Lipinski definition) is 2. The van der Waals surface area contributed by atoms with Gasteiger partial charge in [0, 0.05) is 11.8 Å². The number of likely N-dealkylation sites (N-methyl/N-ethyl adjacent to an activating group) is 1. The Balaban J connectivity index is 2.30. The molecule has 1 rings (SSSR count). The van der Waals surface area contributed by atoms with Gasteiger partial charge in [0.2, 0.25) is 5.91 Å². The van der Waals surface area contributed by atoms with Gasteiger partial charge in [-0.25, -0.2) is 0 Å². The average Bonchev–Trinajstić information content (AvgIpc) is 2.43. The molecule has 0 radical (unpaired) electrons. The first kappa shape index (κ1) is 16.5. The van der Waals surface area contributed by atoms with Crippen LogP contribution in [0, 0.1) is 0 Å². The molecule has 0 heterocycles. The second kappa shape index (κ2) is 10.3. The number of rotatable bonds is 10. The molecule has 0 unspecified atom stereocenters. The molecule has 4 nitrogen and oxygen atoms in total. The fourth-order valence-corrected chi connectivity index (χ4v) is 1.93. The highest BCUT2D eigenvalue weighted by atomic mass is 16.5. The number of amides is 1. The van der Waals surface area contributed by atoms with Crippen molar-refractivity contribution in [3.05, 3.63) is 24.3 Å². The number of hydrogen-bond acceptors (Lipinski definition) is 3. The largest absolute Gasteiger partial charge is 0.494 e. The Kier molecular flexibility index (Phi) is 8.47. The fraction of sp³-hybridized carbons (Fsp3) is 0.562.